The minimum atomic E-state index is -0.734. The highest BCUT2D eigenvalue weighted by Crippen LogP contribution is 2.22. The van der Waals surface area contributed by atoms with Crippen LogP contribution in [0.1, 0.15) is 85.1 Å². The molecule has 3 rings (SSSR count). The first kappa shape index (κ1) is 28.9. The summed E-state index contributed by atoms with van der Waals surface area (Å²) in [6.45, 7) is 6.84. The van der Waals surface area contributed by atoms with Gasteiger partial charge in [-0.3, -0.25) is 9.59 Å². The number of amides is 2. The molecule has 6 heteroatoms. The molecule has 3 N–H and O–H groups in total. The van der Waals surface area contributed by atoms with Crippen molar-refractivity contribution < 1.29 is 14.7 Å². The lowest BCUT2D eigenvalue weighted by Gasteiger charge is -2.27. The predicted octanol–water partition coefficient (Wildman–Crippen LogP) is 4.82. The van der Waals surface area contributed by atoms with Gasteiger partial charge in [0.15, 0.2) is 0 Å². The standard InChI is InChI=1S/C31H45N3O3/c1-3-18-34(19-4-2)31(37)27-17-11-16-26(21-27)30(36)33-28(20-24-12-7-5-8-13-24)29(35)23-32-22-25-14-9-6-10-15-25/h5,7-8,11-13,16-17,21,25,28-29,32,35H,3-4,6,9-10,14-15,18-20,22-23H2,1-2H3,(H,33,36)/t28-,29+/m0/s1. The highest BCUT2D eigenvalue weighted by atomic mass is 16.3. The van der Waals surface area contributed by atoms with Crippen LogP contribution in [0.3, 0.4) is 0 Å². The molecule has 2 aromatic carbocycles. The number of carbonyl (C=O) groups is 2. The molecule has 0 aliphatic heterocycles. The predicted molar refractivity (Wildman–Crippen MR) is 150 cm³/mol. The molecule has 1 aliphatic rings. The van der Waals surface area contributed by atoms with Crippen LogP contribution < -0.4 is 10.6 Å². The lowest BCUT2D eigenvalue weighted by molar-refractivity contribution is 0.0755. The SMILES string of the molecule is CCCN(CCC)C(=O)c1cccc(C(=O)N[C@@H](Cc2ccccc2)[C@H](O)CNCC2CCCCC2)c1. The second kappa shape index (κ2) is 15.5. The molecular formula is C31H45N3O3. The maximum Gasteiger partial charge on any atom is 0.253 e. The number of aliphatic hydroxyl groups is 1. The van der Waals surface area contributed by atoms with Crippen molar-refractivity contribution >= 4 is 11.8 Å². The molecule has 0 radical (unpaired) electrons. The van der Waals surface area contributed by atoms with Gasteiger partial charge < -0.3 is 20.6 Å². The van der Waals surface area contributed by atoms with Crippen LogP contribution in [-0.4, -0.2) is 60.1 Å². The molecule has 1 fully saturated rings. The number of hydrogen-bond acceptors (Lipinski definition) is 4. The Kier molecular flexibility index (Phi) is 12.1. The highest BCUT2D eigenvalue weighted by Gasteiger charge is 2.24. The fourth-order valence-corrected chi connectivity index (χ4v) is 5.20. The van der Waals surface area contributed by atoms with Gasteiger partial charge in [0, 0.05) is 30.8 Å². The third kappa shape index (κ3) is 9.28. The van der Waals surface area contributed by atoms with Gasteiger partial charge in [-0.15, -0.1) is 0 Å². The summed E-state index contributed by atoms with van der Waals surface area (Å²) < 4.78 is 0. The molecule has 0 heterocycles. The van der Waals surface area contributed by atoms with Gasteiger partial charge in [-0.1, -0.05) is 69.5 Å². The van der Waals surface area contributed by atoms with Crippen LogP contribution in [0.5, 0.6) is 0 Å². The van der Waals surface area contributed by atoms with E-state index in [2.05, 4.69) is 24.5 Å². The minimum Gasteiger partial charge on any atom is -0.390 e. The molecule has 0 bridgehead atoms. The summed E-state index contributed by atoms with van der Waals surface area (Å²) in [6, 6.07) is 16.4. The van der Waals surface area contributed by atoms with Crippen molar-refractivity contribution in [3.05, 3.63) is 71.3 Å². The molecule has 0 spiro atoms. The number of rotatable bonds is 14. The molecule has 6 nitrogen and oxygen atoms in total. The normalized spacial score (nSPS) is 15.6. The average Bonchev–Trinajstić information content (AvgIpc) is 2.93. The first-order valence-electron chi connectivity index (χ1n) is 14.1. The van der Waals surface area contributed by atoms with Crippen LogP contribution in [0.15, 0.2) is 54.6 Å². The molecule has 0 unspecified atom stereocenters. The summed E-state index contributed by atoms with van der Waals surface area (Å²) >= 11 is 0. The van der Waals surface area contributed by atoms with E-state index in [0.717, 1.165) is 24.9 Å². The molecule has 1 aliphatic carbocycles. The number of nitrogens with one attached hydrogen (secondary N) is 2. The van der Waals surface area contributed by atoms with Crippen LogP contribution in [0, 0.1) is 5.92 Å². The fourth-order valence-electron chi connectivity index (χ4n) is 5.20. The van der Waals surface area contributed by atoms with E-state index in [1.54, 1.807) is 24.3 Å². The Morgan fingerprint density at radius 1 is 0.946 bits per heavy atom. The number of nitrogens with zero attached hydrogens (tertiary/aromatic N) is 1. The van der Waals surface area contributed by atoms with Crippen molar-refractivity contribution in [2.45, 2.75) is 77.4 Å². The van der Waals surface area contributed by atoms with Crippen molar-refractivity contribution in [1.82, 2.24) is 15.5 Å². The lowest BCUT2D eigenvalue weighted by Crippen LogP contribution is -2.49. The van der Waals surface area contributed by atoms with Gasteiger partial charge in [-0.25, -0.2) is 0 Å². The Bertz CT molecular complexity index is 953. The third-order valence-electron chi connectivity index (χ3n) is 7.24. The minimum absolute atomic E-state index is 0.0499. The largest absolute Gasteiger partial charge is 0.390 e. The molecule has 0 saturated heterocycles. The topological polar surface area (TPSA) is 81.7 Å². The van der Waals surface area contributed by atoms with E-state index in [1.807, 2.05) is 35.2 Å². The molecule has 1 saturated carbocycles. The summed E-state index contributed by atoms with van der Waals surface area (Å²) in [5.74, 6) is 0.342. The van der Waals surface area contributed by atoms with Gasteiger partial charge in [0.25, 0.3) is 11.8 Å². The van der Waals surface area contributed by atoms with Crippen LogP contribution in [-0.2, 0) is 6.42 Å². The quantitative estimate of drug-likeness (QED) is 0.342. The molecule has 202 valence electrons. The summed E-state index contributed by atoms with van der Waals surface area (Å²) in [5, 5.41) is 17.6. The Hall–Kier alpha value is -2.70. The van der Waals surface area contributed by atoms with Gasteiger partial charge in [-0.2, -0.15) is 0 Å². The first-order chi connectivity index (χ1) is 18.0. The van der Waals surface area contributed by atoms with E-state index in [9.17, 15) is 14.7 Å². The monoisotopic (exact) mass is 507 g/mol. The van der Waals surface area contributed by atoms with Crippen LogP contribution in [0.25, 0.3) is 0 Å². The van der Waals surface area contributed by atoms with Crippen molar-refractivity contribution in [2.75, 3.05) is 26.2 Å². The number of benzene rings is 2. The fraction of sp³-hybridized carbons (Fsp3) is 0.548. The second-order valence-corrected chi connectivity index (χ2v) is 10.4. The second-order valence-electron chi connectivity index (χ2n) is 10.4. The van der Waals surface area contributed by atoms with Crippen LogP contribution >= 0.6 is 0 Å². The average molecular weight is 508 g/mol. The Morgan fingerprint density at radius 2 is 1.62 bits per heavy atom. The highest BCUT2D eigenvalue weighted by molar-refractivity contribution is 5.99. The molecule has 2 atom stereocenters. The van der Waals surface area contributed by atoms with E-state index in [0.29, 0.717) is 43.1 Å². The van der Waals surface area contributed by atoms with Gasteiger partial charge in [-0.05, 0) is 68.3 Å². The zero-order chi connectivity index (χ0) is 26.5. The van der Waals surface area contributed by atoms with Crippen LogP contribution in [0.4, 0.5) is 0 Å². The van der Waals surface area contributed by atoms with E-state index < -0.39 is 12.1 Å². The van der Waals surface area contributed by atoms with Crippen molar-refractivity contribution in [1.29, 1.82) is 0 Å². The van der Waals surface area contributed by atoms with E-state index in [1.165, 1.54) is 32.1 Å². The summed E-state index contributed by atoms with van der Waals surface area (Å²) in [7, 11) is 0. The Labute approximate surface area is 222 Å². The molecule has 0 aromatic heterocycles. The van der Waals surface area contributed by atoms with Crippen molar-refractivity contribution in [3.8, 4) is 0 Å². The summed E-state index contributed by atoms with van der Waals surface area (Å²) in [4.78, 5) is 28.2. The Morgan fingerprint density at radius 3 is 2.30 bits per heavy atom. The molecular weight excluding hydrogens is 462 g/mol. The number of aliphatic hydroxyl groups excluding tert-OH is 1. The third-order valence-corrected chi connectivity index (χ3v) is 7.24. The molecule has 2 aromatic rings. The maximum atomic E-state index is 13.3. The number of carbonyl (C=O) groups excluding carboxylic acids is 2. The molecule has 2 amide bonds. The van der Waals surface area contributed by atoms with E-state index in [-0.39, 0.29) is 11.8 Å². The maximum absolute atomic E-state index is 13.3. The van der Waals surface area contributed by atoms with Crippen molar-refractivity contribution in [2.24, 2.45) is 5.92 Å². The molecule has 37 heavy (non-hydrogen) atoms. The van der Waals surface area contributed by atoms with Gasteiger partial charge in [0.05, 0.1) is 12.1 Å². The summed E-state index contributed by atoms with van der Waals surface area (Å²) in [5.41, 5.74) is 2.00. The summed E-state index contributed by atoms with van der Waals surface area (Å²) in [6.07, 6.45) is 7.97. The van der Waals surface area contributed by atoms with E-state index >= 15 is 0 Å². The van der Waals surface area contributed by atoms with Gasteiger partial charge in [0.2, 0.25) is 0 Å². The Balaban J connectivity index is 1.68. The van der Waals surface area contributed by atoms with Gasteiger partial charge in [0.1, 0.15) is 0 Å². The van der Waals surface area contributed by atoms with Crippen LogP contribution in [0.2, 0.25) is 0 Å². The van der Waals surface area contributed by atoms with E-state index in [4.69, 9.17) is 0 Å². The number of hydrogen-bond donors (Lipinski definition) is 3. The zero-order valence-electron chi connectivity index (χ0n) is 22.6. The van der Waals surface area contributed by atoms with Gasteiger partial charge >= 0.3 is 0 Å². The smallest absolute Gasteiger partial charge is 0.253 e. The lowest BCUT2D eigenvalue weighted by atomic mass is 9.89. The zero-order valence-corrected chi connectivity index (χ0v) is 22.6. The van der Waals surface area contributed by atoms with Crippen molar-refractivity contribution in [3.63, 3.8) is 0 Å². The first-order valence-corrected chi connectivity index (χ1v) is 14.1.